The molecule has 16 heteroatoms. The Balaban J connectivity index is 1.74. The maximum absolute atomic E-state index is 13.8. The zero-order chi connectivity index (χ0) is 34.7. The van der Waals surface area contributed by atoms with Crippen molar-refractivity contribution in [3.05, 3.63) is 76.1 Å². The molecule has 2 N–H and O–H groups in total. The number of nitrogens with one attached hydrogen (secondary N) is 1. The van der Waals surface area contributed by atoms with E-state index < -0.39 is 60.7 Å². The average molecular weight is 665 g/mol. The van der Waals surface area contributed by atoms with Crippen LogP contribution in [0.15, 0.2) is 42.6 Å². The molecule has 1 aliphatic heterocycles. The lowest BCUT2D eigenvalue weighted by Gasteiger charge is -2.40. The molecule has 4 rings (SSSR count). The summed E-state index contributed by atoms with van der Waals surface area (Å²) in [6.45, 7) is 1.33. The number of rotatable bonds is 9. The second kappa shape index (κ2) is 13.7. The first kappa shape index (κ1) is 34.8. The van der Waals surface area contributed by atoms with E-state index in [2.05, 4.69) is 15.3 Å². The fourth-order valence-electron chi connectivity index (χ4n) is 5.31. The highest BCUT2D eigenvalue weighted by molar-refractivity contribution is 5.90. The zero-order valence-corrected chi connectivity index (χ0v) is 25.4. The second-order valence-corrected chi connectivity index (χ2v) is 11.0. The van der Waals surface area contributed by atoms with E-state index in [0.29, 0.717) is 12.1 Å². The molecule has 3 aromatic rings. The Bertz CT molecular complexity index is 1690. The number of carboxylic acid groups (broad SMARTS) is 1. The summed E-state index contributed by atoms with van der Waals surface area (Å²) < 4.78 is 87.1. The Hall–Kier alpha value is -5.07. The lowest BCUT2D eigenvalue weighted by Crippen LogP contribution is -2.46. The summed E-state index contributed by atoms with van der Waals surface area (Å²) in [6.07, 6.45) is -9.04. The van der Waals surface area contributed by atoms with Crippen LogP contribution in [0.3, 0.4) is 0 Å². The Morgan fingerprint density at radius 1 is 1.11 bits per heavy atom. The molecule has 2 heterocycles. The van der Waals surface area contributed by atoms with Crippen LogP contribution in [0.5, 0.6) is 0 Å². The van der Waals surface area contributed by atoms with Gasteiger partial charge < -0.3 is 20.1 Å². The van der Waals surface area contributed by atoms with Crippen molar-refractivity contribution in [2.75, 3.05) is 35.8 Å². The van der Waals surface area contributed by atoms with Gasteiger partial charge in [-0.25, -0.2) is 14.8 Å². The monoisotopic (exact) mass is 664 g/mol. The summed E-state index contributed by atoms with van der Waals surface area (Å²) in [4.78, 5) is 35.6. The molecule has 1 aromatic heterocycles. The van der Waals surface area contributed by atoms with Gasteiger partial charge in [0.2, 0.25) is 5.95 Å². The molecule has 0 radical (unpaired) electrons. The predicted molar refractivity (Wildman–Crippen MR) is 158 cm³/mol. The second-order valence-electron chi connectivity index (χ2n) is 11.0. The molecule has 0 unspecified atom stereocenters. The SMILES string of the molecule is CC[C@@H]1C[C@H](Nc2ncc(N(C)C)c(Cc3cc(C#N)cc(C(F)(F)F)c3)n2)c2cc(C(F)(F)F)ccc2N1C(=O)OCCC(=O)O. The molecule has 0 fully saturated rings. The summed E-state index contributed by atoms with van der Waals surface area (Å²) in [5, 5.41) is 21.3. The predicted octanol–water partition coefficient (Wildman–Crippen LogP) is 6.80. The van der Waals surface area contributed by atoms with Gasteiger partial charge in [0, 0.05) is 26.6 Å². The van der Waals surface area contributed by atoms with Crippen LogP contribution in [0, 0.1) is 11.3 Å². The number of hydrogen-bond donors (Lipinski definition) is 2. The normalized spacial score (nSPS) is 16.2. The molecule has 2 aromatic carbocycles. The van der Waals surface area contributed by atoms with Gasteiger partial charge in [0.05, 0.1) is 58.5 Å². The van der Waals surface area contributed by atoms with E-state index in [0.717, 1.165) is 30.3 Å². The summed E-state index contributed by atoms with van der Waals surface area (Å²) in [5.41, 5.74) is -1.07. The van der Waals surface area contributed by atoms with Gasteiger partial charge in [-0.2, -0.15) is 31.6 Å². The van der Waals surface area contributed by atoms with Crippen LogP contribution in [-0.2, 0) is 28.3 Å². The number of hydrogen-bond acceptors (Lipinski definition) is 8. The van der Waals surface area contributed by atoms with Crippen LogP contribution < -0.4 is 15.1 Å². The van der Waals surface area contributed by atoms with Crippen molar-refractivity contribution >= 4 is 29.4 Å². The summed E-state index contributed by atoms with van der Waals surface area (Å²) >= 11 is 0. The Labute approximate surface area is 265 Å². The fraction of sp³-hybridized carbons (Fsp3) is 0.387. The van der Waals surface area contributed by atoms with Gasteiger partial charge in [-0.05, 0) is 60.4 Å². The first-order valence-electron chi connectivity index (χ1n) is 14.3. The lowest BCUT2D eigenvalue weighted by atomic mass is 9.89. The van der Waals surface area contributed by atoms with E-state index in [9.17, 15) is 41.2 Å². The van der Waals surface area contributed by atoms with E-state index in [-0.39, 0.29) is 46.9 Å². The van der Waals surface area contributed by atoms with Gasteiger partial charge in [0.1, 0.15) is 6.61 Å². The number of nitrogens with zero attached hydrogens (tertiary/aromatic N) is 5. The number of anilines is 3. The first-order valence-corrected chi connectivity index (χ1v) is 14.3. The molecular formula is C31H30F6N6O4. The molecule has 0 saturated heterocycles. The molecule has 0 bridgehead atoms. The van der Waals surface area contributed by atoms with Crippen LogP contribution >= 0.6 is 0 Å². The van der Waals surface area contributed by atoms with E-state index in [4.69, 9.17) is 9.84 Å². The maximum atomic E-state index is 13.8. The van der Waals surface area contributed by atoms with Crippen molar-refractivity contribution in [3.63, 3.8) is 0 Å². The number of nitriles is 1. The van der Waals surface area contributed by atoms with E-state index in [1.807, 2.05) is 0 Å². The number of aliphatic carboxylic acids is 1. The van der Waals surface area contributed by atoms with Crippen LogP contribution in [0.1, 0.15) is 65.7 Å². The number of halogens is 6. The number of carboxylic acids is 1. The van der Waals surface area contributed by atoms with Gasteiger partial charge in [-0.15, -0.1) is 0 Å². The van der Waals surface area contributed by atoms with Crippen molar-refractivity contribution in [2.45, 2.75) is 57.0 Å². The van der Waals surface area contributed by atoms with Crippen LogP contribution in [0.2, 0.25) is 0 Å². The Morgan fingerprint density at radius 3 is 2.40 bits per heavy atom. The zero-order valence-electron chi connectivity index (χ0n) is 25.4. The minimum atomic E-state index is -4.71. The molecule has 0 aliphatic carbocycles. The number of carbonyl (C=O) groups excluding carboxylic acids is 1. The third-order valence-electron chi connectivity index (χ3n) is 7.52. The van der Waals surface area contributed by atoms with Crippen molar-refractivity contribution in [1.82, 2.24) is 9.97 Å². The van der Waals surface area contributed by atoms with Gasteiger partial charge in [-0.3, -0.25) is 9.69 Å². The average Bonchev–Trinajstić information content (AvgIpc) is 2.99. The minimum Gasteiger partial charge on any atom is -0.481 e. The van der Waals surface area contributed by atoms with Crippen LogP contribution in [0.25, 0.3) is 0 Å². The first-order chi connectivity index (χ1) is 22.0. The third kappa shape index (κ3) is 8.21. The minimum absolute atomic E-state index is 0.0289. The highest BCUT2D eigenvalue weighted by Gasteiger charge is 2.39. The van der Waals surface area contributed by atoms with Gasteiger partial charge >= 0.3 is 24.4 Å². The summed E-state index contributed by atoms with van der Waals surface area (Å²) in [6, 6.07) is 6.16. The van der Waals surface area contributed by atoms with Gasteiger partial charge in [0.15, 0.2) is 0 Å². The topological polar surface area (TPSA) is 132 Å². The Morgan fingerprint density at radius 2 is 1.81 bits per heavy atom. The molecule has 10 nitrogen and oxygen atoms in total. The molecule has 47 heavy (non-hydrogen) atoms. The van der Waals surface area contributed by atoms with Gasteiger partial charge in [0.25, 0.3) is 0 Å². The molecule has 1 amide bonds. The smallest absolute Gasteiger partial charge is 0.416 e. The number of benzene rings is 2. The van der Waals surface area contributed by atoms with Crippen molar-refractivity contribution < 1.29 is 45.8 Å². The van der Waals surface area contributed by atoms with Crippen LogP contribution in [-0.4, -0.2) is 53.9 Å². The van der Waals surface area contributed by atoms with Crippen molar-refractivity contribution in [1.29, 1.82) is 5.26 Å². The number of aromatic nitrogens is 2. The number of carbonyl (C=O) groups is 2. The molecule has 2 atom stereocenters. The molecule has 0 spiro atoms. The quantitative estimate of drug-likeness (QED) is 0.237. The van der Waals surface area contributed by atoms with Gasteiger partial charge in [-0.1, -0.05) is 6.92 Å². The number of alkyl halides is 6. The molecule has 250 valence electrons. The van der Waals surface area contributed by atoms with Crippen molar-refractivity contribution in [2.24, 2.45) is 0 Å². The number of ether oxygens (including phenoxy) is 1. The van der Waals surface area contributed by atoms with Crippen molar-refractivity contribution in [3.8, 4) is 6.07 Å². The number of amides is 1. The highest BCUT2D eigenvalue weighted by Crippen LogP contribution is 2.43. The molecular weight excluding hydrogens is 634 g/mol. The molecule has 1 aliphatic rings. The fourth-order valence-corrected chi connectivity index (χ4v) is 5.31. The third-order valence-corrected chi connectivity index (χ3v) is 7.52. The summed E-state index contributed by atoms with van der Waals surface area (Å²) in [7, 11) is 3.35. The maximum Gasteiger partial charge on any atom is 0.416 e. The number of fused-ring (bicyclic) bond motifs is 1. The van der Waals surface area contributed by atoms with E-state index in [1.165, 1.54) is 17.2 Å². The van der Waals surface area contributed by atoms with E-state index >= 15 is 0 Å². The highest BCUT2D eigenvalue weighted by atomic mass is 19.4. The summed E-state index contributed by atoms with van der Waals surface area (Å²) in [5.74, 6) is -1.22. The largest absolute Gasteiger partial charge is 0.481 e. The van der Waals surface area contributed by atoms with E-state index in [1.54, 1.807) is 32.0 Å². The Kier molecular flexibility index (Phi) is 10.2. The van der Waals surface area contributed by atoms with Crippen LogP contribution in [0.4, 0.5) is 48.5 Å². The standard InChI is InChI=1S/C31H30F6N6O4/c1-4-21-14-23(22-13-19(30(32,33)34)5-6-25(22)43(21)29(46)47-8-7-27(44)45)40-28-39-16-26(42(2)3)24(41-28)12-17-9-18(15-38)11-20(10-17)31(35,36)37/h5-6,9-11,13,16,21,23H,4,7-8,12,14H2,1-3H3,(H,44,45)(H,39,40,41)/t21-,23+/m1/s1. The lowest BCUT2D eigenvalue weighted by molar-refractivity contribution is -0.138. The molecule has 0 saturated carbocycles.